The van der Waals surface area contributed by atoms with Gasteiger partial charge in [-0.25, -0.2) is 9.98 Å². The van der Waals surface area contributed by atoms with Gasteiger partial charge in [0.15, 0.2) is 6.19 Å². The number of ether oxygens (including phenoxy) is 1. The van der Waals surface area contributed by atoms with Crippen LogP contribution in [0.4, 0.5) is 17.3 Å². The average molecular weight is 388 g/mol. The van der Waals surface area contributed by atoms with E-state index in [1.165, 1.54) is 12.8 Å². The number of fused-ring (bicyclic) bond motifs is 1. The standard InChI is InChI=1S/C20H20N8O/c21-7-14-16(23)15-17(26-20(25-10-22)28-19(15)27-18(14)24)13-5-3-12(4-6-13)9-29-8-11-1-2-11/h3-6,11,17H,1-2,8-9H2,(H6,23,24,25,26,27,28). The van der Waals surface area contributed by atoms with Crippen molar-refractivity contribution < 1.29 is 4.74 Å². The third-order valence-electron chi connectivity index (χ3n) is 4.97. The van der Waals surface area contributed by atoms with Crippen molar-refractivity contribution in [1.29, 1.82) is 10.5 Å². The Kier molecular flexibility index (Phi) is 4.90. The molecule has 6 N–H and O–H groups in total. The SMILES string of the molecule is N#CNC1=NC(c2ccc(COCC3CC3)cc2)c2c(nc(N)c(C#N)c2N)N1. The van der Waals surface area contributed by atoms with Crippen molar-refractivity contribution in [2.45, 2.75) is 25.5 Å². The van der Waals surface area contributed by atoms with Gasteiger partial charge in [-0.3, -0.25) is 5.32 Å². The molecule has 2 aliphatic rings. The maximum Gasteiger partial charge on any atom is 0.211 e. The van der Waals surface area contributed by atoms with Gasteiger partial charge in [0.25, 0.3) is 0 Å². The zero-order chi connectivity index (χ0) is 20.4. The first kappa shape index (κ1) is 18.5. The summed E-state index contributed by atoms with van der Waals surface area (Å²) >= 11 is 0. The van der Waals surface area contributed by atoms with Gasteiger partial charge < -0.3 is 21.5 Å². The molecule has 9 heteroatoms. The molecule has 0 bridgehead atoms. The normalized spacial score (nSPS) is 17.3. The van der Waals surface area contributed by atoms with E-state index < -0.39 is 6.04 Å². The van der Waals surface area contributed by atoms with E-state index in [-0.39, 0.29) is 23.0 Å². The summed E-state index contributed by atoms with van der Waals surface area (Å²) in [6.07, 6.45) is 4.36. The summed E-state index contributed by atoms with van der Waals surface area (Å²) in [7, 11) is 0. The molecule has 29 heavy (non-hydrogen) atoms. The predicted molar refractivity (Wildman–Crippen MR) is 108 cm³/mol. The van der Waals surface area contributed by atoms with Crippen LogP contribution in [0.2, 0.25) is 0 Å². The molecule has 1 fully saturated rings. The van der Waals surface area contributed by atoms with E-state index in [1.807, 2.05) is 36.5 Å². The summed E-state index contributed by atoms with van der Waals surface area (Å²) in [6, 6.07) is 9.28. The quantitative estimate of drug-likeness (QED) is 0.447. The molecule has 146 valence electrons. The molecule has 4 rings (SSSR count). The fourth-order valence-corrected chi connectivity index (χ4v) is 3.25. The summed E-state index contributed by atoms with van der Waals surface area (Å²) in [5.74, 6) is 1.35. The minimum Gasteiger partial charge on any atom is -0.397 e. The first-order valence-corrected chi connectivity index (χ1v) is 9.26. The number of hydrogen-bond donors (Lipinski definition) is 4. The maximum atomic E-state index is 9.38. The number of nitrogens with zero attached hydrogens (tertiary/aromatic N) is 4. The highest BCUT2D eigenvalue weighted by Crippen LogP contribution is 2.40. The van der Waals surface area contributed by atoms with Gasteiger partial charge in [-0.1, -0.05) is 24.3 Å². The zero-order valence-corrected chi connectivity index (χ0v) is 15.6. The minimum absolute atomic E-state index is 0.0244. The number of pyridine rings is 1. The number of nitrogens with two attached hydrogens (primary N) is 2. The van der Waals surface area contributed by atoms with E-state index >= 15 is 0 Å². The summed E-state index contributed by atoms with van der Waals surface area (Å²) in [6.45, 7) is 1.36. The zero-order valence-electron chi connectivity index (χ0n) is 15.6. The van der Waals surface area contributed by atoms with Crippen LogP contribution in [0.25, 0.3) is 0 Å². The topological polar surface area (TPSA) is 158 Å². The van der Waals surface area contributed by atoms with E-state index in [9.17, 15) is 5.26 Å². The van der Waals surface area contributed by atoms with Crippen LogP contribution in [0, 0.1) is 28.7 Å². The lowest BCUT2D eigenvalue weighted by atomic mass is 9.94. The van der Waals surface area contributed by atoms with Gasteiger partial charge in [-0.2, -0.15) is 10.5 Å². The van der Waals surface area contributed by atoms with E-state index in [2.05, 4.69) is 20.6 Å². The molecule has 9 nitrogen and oxygen atoms in total. The van der Waals surface area contributed by atoms with Crippen molar-refractivity contribution in [2.75, 3.05) is 23.4 Å². The molecule has 1 aliphatic heterocycles. The van der Waals surface area contributed by atoms with Gasteiger partial charge in [0, 0.05) is 12.2 Å². The van der Waals surface area contributed by atoms with E-state index in [4.69, 9.17) is 21.5 Å². The summed E-state index contributed by atoms with van der Waals surface area (Å²) < 4.78 is 5.73. The van der Waals surface area contributed by atoms with E-state index in [0.717, 1.165) is 23.7 Å². The molecule has 0 amide bonds. The molecule has 1 atom stereocenters. The van der Waals surface area contributed by atoms with Gasteiger partial charge in [0.1, 0.15) is 29.3 Å². The predicted octanol–water partition coefficient (Wildman–Crippen LogP) is 1.99. The molecule has 1 unspecified atom stereocenters. The molecule has 0 saturated heterocycles. The lowest BCUT2D eigenvalue weighted by molar-refractivity contribution is 0.111. The second-order valence-electron chi connectivity index (χ2n) is 7.10. The number of benzene rings is 1. The molecule has 2 heterocycles. The number of aromatic nitrogens is 1. The Morgan fingerprint density at radius 3 is 2.62 bits per heavy atom. The highest BCUT2D eigenvalue weighted by atomic mass is 16.5. The Morgan fingerprint density at radius 2 is 1.97 bits per heavy atom. The second-order valence-corrected chi connectivity index (χ2v) is 7.10. The Labute approximate surface area is 168 Å². The maximum absolute atomic E-state index is 9.38. The number of nitrogen functional groups attached to an aromatic ring is 2. The number of rotatable bonds is 5. The fourth-order valence-electron chi connectivity index (χ4n) is 3.25. The second kappa shape index (κ2) is 7.66. The van der Waals surface area contributed by atoms with Crippen LogP contribution in [0.5, 0.6) is 0 Å². The van der Waals surface area contributed by atoms with Crippen molar-refractivity contribution >= 4 is 23.3 Å². The summed E-state index contributed by atoms with van der Waals surface area (Å²) in [5, 5.41) is 23.7. The molecule has 0 radical (unpaired) electrons. The van der Waals surface area contributed by atoms with Crippen molar-refractivity contribution in [2.24, 2.45) is 10.9 Å². The lowest BCUT2D eigenvalue weighted by Gasteiger charge is -2.26. The number of guanidine groups is 1. The van der Waals surface area contributed by atoms with E-state index in [0.29, 0.717) is 18.0 Å². The van der Waals surface area contributed by atoms with Crippen molar-refractivity contribution in [3.63, 3.8) is 0 Å². The third-order valence-corrected chi connectivity index (χ3v) is 4.97. The van der Waals surface area contributed by atoms with Crippen LogP contribution in [0.15, 0.2) is 29.3 Å². The van der Waals surface area contributed by atoms with Crippen LogP contribution >= 0.6 is 0 Å². The number of nitriles is 2. The van der Waals surface area contributed by atoms with Crippen molar-refractivity contribution in [3.8, 4) is 12.3 Å². The largest absolute Gasteiger partial charge is 0.397 e. The smallest absolute Gasteiger partial charge is 0.211 e. The molecule has 0 spiro atoms. The van der Waals surface area contributed by atoms with Crippen LogP contribution in [0.1, 0.15) is 41.1 Å². The molecule has 1 aromatic carbocycles. The number of nitrogens with one attached hydrogen (secondary N) is 2. The Hall–Kier alpha value is -3.82. The molecular formula is C20H20N8O. The number of anilines is 3. The van der Waals surface area contributed by atoms with Gasteiger partial charge in [-0.05, 0) is 29.9 Å². The molecule has 2 aromatic rings. The first-order chi connectivity index (χ1) is 14.1. The average Bonchev–Trinajstić information content (AvgIpc) is 3.53. The van der Waals surface area contributed by atoms with Crippen LogP contribution in [-0.4, -0.2) is 17.6 Å². The van der Waals surface area contributed by atoms with Gasteiger partial charge >= 0.3 is 0 Å². The third kappa shape index (κ3) is 3.77. The Balaban J connectivity index is 1.66. The number of aliphatic imine (C=N–C) groups is 1. The molecule has 1 aromatic heterocycles. The molecule has 1 saturated carbocycles. The first-order valence-electron chi connectivity index (χ1n) is 9.26. The molecular weight excluding hydrogens is 368 g/mol. The lowest BCUT2D eigenvalue weighted by Crippen LogP contribution is -2.32. The Morgan fingerprint density at radius 1 is 1.21 bits per heavy atom. The molecule has 1 aliphatic carbocycles. The van der Waals surface area contributed by atoms with Crippen molar-refractivity contribution in [3.05, 3.63) is 46.5 Å². The van der Waals surface area contributed by atoms with Crippen LogP contribution < -0.4 is 22.1 Å². The van der Waals surface area contributed by atoms with E-state index in [1.54, 1.807) is 0 Å². The highest BCUT2D eigenvalue weighted by molar-refractivity contribution is 5.98. The van der Waals surface area contributed by atoms with Crippen molar-refractivity contribution in [1.82, 2.24) is 10.3 Å². The van der Waals surface area contributed by atoms with Gasteiger partial charge in [-0.15, -0.1) is 0 Å². The fraction of sp³-hybridized carbons (Fsp3) is 0.300. The van der Waals surface area contributed by atoms with Gasteiger partial charge in [0.05, 0.1) is 12.3 Å². The Bertz CT molecular complexity index is 1040. The van der Waals surface area contributed by atoms with Crippen LogP contribution in [0.3, 0.4) is 0 Å². The van der Waals surface area contributed by atoms with Crippen LogP contribution in [-0.2, 0) is 11.3 Å². The minimum atomic E-state index is -0.538. The number of hydrogen-bond acceptors (Lipinski definition) is 9. The summed E-state index contributed by atoms with van der Waals surface area (Å²) in [5.41, 5.74) is 14.9. The highest BCUT2D eigenvalue weighted by Gasteiger charge is 2.29. The summed E-state index contributed by atoms with van der Waals surface area (Å²) in [4.78, 5) is 8.79. The monoisotopic (exact) mass is 388 g/mol. The van der Waals surface area contributed by atoms with Gasteiger partial charge in [0.2, 0.25) is 5.96 Å².